The third-order valence-electron chi connectivity index (χ3n) is 3.42. The number of aromatic hydroxyl groups is 1. The quantitative estimate of drug-likeness (QED) is 0.741. The second kappa shape index (κ2) is 7.69. The Kier molecular flexibility index (Phi) is 6.80. The average molecular weight is 388 g/mol. The van der Waals surface area contributed by atoms with Crippen molar-refractivity contribution in [2.75, 3.05) is 32.8 Å². The van der Waals surface area contributed by atoms with Crippen molar-refractivity contribution in [3.8, 4) is 5.75 Å². The molecule has 0 unspecified atom stereocenters. The first kappa shape index (κ1) is 18.6. The molecule has 1 aromatic carbocycles. The summed E-state index contributed by atoms with van der Waals surface area (Å²) < 4.78 is 28.6. The fraction of sp³-hybridized carbons (Fsp3) is 0.538. The molecule has 2 rings (SSSR count). The maximum absolute atomic E-state index is 14.1. The summed E-state index contributed by atoms with van der Waals surface area (Å²) in [5.41, 5.74) is 0.371. The molecule has 1 saturated heterocycles. The Hall–Kier alpha value is -0.470. The zero-order valence-corrected chi connectivity index (χ0v) is 13.6. The number of nitrogens with one attached hydrogen (secondary N) is 1. The number of phenols is 1. The van der Waals surface area contributed by atoms with Gasteiger partial charge in [0.1, 0.15) is 18.4 Å². The molecule has 1 aromatic rings. The van der Waals surface area contributed by atoms with Gasteiger partial charge in [-0.3, -0.25) is 4.90 Å². The number of hydrogen-bond acceptors (Lipinski definition) is 4. The van der Waals surface area contributed by atoms with Crippen molar-refractivity contribution in [2.45, 2.75) is 12.0 Å². The van der Waals surface area contributed by atoms with Crippen molar-refractivity contribution in [3.05, 3.63) is 28.2 Å². The van der Waals surface area contributed by atoms with Crippen LogP contribution in [0.3, 0.4) is 0 Å². The molecular formula is C13H18BrClF2N2O2. The number of aliphatic hydroxyl groups excluding tert-OH is 1. The van der Waals surface area contributed by atoms with E-state index in [2.05, 4.69) is 21.2 Å². The van der Waals surface area contributed by atoms with Crippen LogP contribution in [0.15, 0.2) is 22.7 Å². The van der Waals surface area contributed by atoms with Crippen LogP contribution in [0.5, 0.6) is 5.75 Å². The first-order valence-electron chi connectivity index (χ1n) is 6.37. The van der Waals surface area contributed by atoms with Gasteiger partial charge in [0.15, 0.2) is 0 Å². The van der Waals surface area contributed by atoms with Gasteiger partial charge in [0, 0.05) is 26.2 Å². The van der Waals surface area contributed by atoms with Crippen LogP contribution in [-0.2, 0) is 0 Å². The molecule has 0 aromatic heterocycles. The number of rotatable bonds is 4. The van der Waals surface area contributed by atoms with E-state index in [9.17, 15) is 13.9 Å². The number of nitrogens with zero attached hydrogens (tertiary/aromatic N) is 1. The molecule has 1 fully saturated rings. The Labute approximate surface area is 136 Å². The summed E-state index contributed by atoms with van der Waals surface area (Å²) in [5, 5.41) is 21.6. The van der Waals surface area contributed by atoms with Gasteiger partial charge in [0.2, 0.25) is 0 Å². The van der Waals surface area contributed by atoms with Crippen LogP contribution < -0.4 is 5.32 Å². The smallest absolute Gasteiger partial charge is 0.289 e. The van der Waals surface area contributed by atoms with Crippen LogP contribution in [0.2, 0.25) is 0 Å². The van der Waals surface area contributed by atoms with E-state index in [0.717, 1.165) is 0 Å². The van der Waals surface area contributed by atoms with Crippen molar-refractivity contribution >= 4 is 28.3 Å². The Morgan fingerprint density at radius 1 is 1.33 bits per heavy atom. The SMILES string of the molecule is Cl.OCC(F)(F)[C@@H](c1ccc(O)c(Br)c1)N1CCNCC1. The molecule has 0 amide bonds. The molecule has 0 bridgehead atoms. The number of piperazine rings is 1. The minimum Gasteiger partial charge on any atom is -0.507 e. The summed E-state index contributed by atoms with van der Waals surface area (Å²) in [6, 6.07) is 3.12. The van der Waals surface area contributed by atoms with Crippen LogP contribution in [0.1, 0.15) is 11.6 Å². The van der Waals surface area contributed by atoms with Gasteiger partial charge in [-0.2, -0.15) is 0 Å². The van der Waals surface area contributed by atoms with E-state index < -0.39 is 18.6 Å². The van der Waals surface area contributed by atoms with Crippen LogP contribution in [0.4, 0.5) is 8.78 Å². The van der Waals surface area contributed by atoms with Crippen molar-refractivity contribution in [2.24, 2.45) is 0 Å². The van der Waals surface area contributed by atoms with E-state index in [1.54, 1.807) is 4.90 Å². The summed E-state index contributed by atoms with van der Waals surface area (Å²) in [7, 11) is 0. The fourth-order valence-corrected chi connectivity index (χ4v) is 2.84. The lowest BCUT2D eigenvalue weighted by Crippen LogP contribution is -2.51. The number of alkyl halides is 2. The largest absolute Gasteiger partial charge is 0.507 e. The standard InChI is InChI=1S/C13H17BrF2N2O2.ClH/c14-10-7-9(1-2-11(10)20)12(13(15,16)8-19)18-5-3-17-4-6-18;/h1-2,7,12,17,19-20H,3-6,8H2;1H/t12-;/m1./s1. The molecule has 8 heteroatoms. The van der Waals surface area contributed by atoms with Gasteiger partial charge < -0.3 is 15.5 Å². The Morgan fingerprint density at radius 3 is 2.48 bits per heavy atom. The highest BCUT2D eigenvalue weighted by Gasteiger charge is 2.44. The average Bonchev–Trinajstić information content (AvgIpc) is 2.44. The molecule has 4 nitrogen and oxygen atoms in total. The van der Waals surface area contributed by atoms with Crippen molar-refractivity contribution in [1.82, 2.24) is 10.2 Å². The highest BCUT2D eigenvalue weighted by Crippen LogP contribution is 2.38. The highest BCUT2D eigenvalue weighted by molar-refractivity contribution is 9.10. The van der Waals surface area contributed by atoms with E-state index in [1.165, 1.54) is 18.2 Å². The van der Waals surface area contributed by atoms with Gasteiger partial charge in [-0.1, -0.05) is 6.07 Å². The maximum atomic E-state index is 14.1. The fourth-order valence-electron chi connectivity index (χ4n) is 2.44. The molecule has 1 aliphatic heterocycles. The van der Waals surface area contributed by atoms with E-state index in [4.69, 9.17) is 5.11 Å². The Bertz CT molecular complexity index is 473. The van der Waals surface area contributed by atoms with Gasteiger partial charge in [0.25, 0.3) is 5.92 Å². The first-order valence-corrected chi connectivity index (χ1v) is 7.17. The maximum Gasteiger partial charge on any atom is 0.289 e. The van der Waals surface area contributed by atoms with E-state index >= 15 is 0 Å². The second-order valence-corrected chi connectivity index (χ2v) is 5.67. The molecular weight excluding hydrogens is 370 g/mol. The topological polar surface area (TPSA) is 55.7 Å². The molecule has 1 heterocycles. The van der Waals surface area contributed by atoms with Gasteiger partial charge >= 0.3 is 0 Å². The number of phenolic OH excluding ortho intramolecular Hbond substituents is 1. The molecule has 0 radical (unpaired) electrons. The summed E-state index contributed by atoms with van der Waals surface area (Å²) in [5.74, 6) is -3.24. The molecule has 3 N–H and O–H groups in total. The lowest BCUT2D eigenvalue weighted by Gasteiger charge is -2.38. The van der Waals surface area contributed by atoms with Gasteiger partial charge in [0.05, 0.1) is 4.47 Å². The third-order valence-corrected chi connectivity index (χ3v) is 4.05. The predicted molar refractivity (Wildman–Crippen MR) is 82.3 cm³/mol. The third kappa shape index (κ3) is 4.26. The molecule has 0 saturated carbocycles. The zero-order valence-electron chi connectivity index (χ0n) is 11.2. The van der Waals surface area contributed by atoms with E-state index in [0.29, 0.717) is 36.2 Å². The lowest BCUT2D eigenvalue weighted by atomic mass is 9.98. The molecule has 1 aliphatic rings. The van der Waals surface area contributed by atoms with Crippen molar-refractivity contribution in [1.29, 1.82) is 0 Å². The number of benzene rings is 1. The van der Waals surface area contributed by atoms with Crippen LogP contribution in [-0.4, -0.2) is 53.8 Å². The van der Waals surface area contributed by atoms with E-state index in [1.807, 2.05) is 0 Å². The molecule has 1 atom stereocenters. The minimum absolute atomic E-state index is 0. The summed E-state index contributed by atoms with van der Waals surface area (Å²) in [6.45, 7) is 1.03. The Morgan fingerprint density at radius 2 is 1.95 bits per heavy atom. The lowest BCUT2D eigenvalue weighted by molar-refractivity contribution is -0.118. The van der Waals surface area contributed by atoms with E-state index in [-0.39, 0.29) is 18.2 Å². The summed E-state index contributed by atoms with van der Waals surface area (Å²) in [4.78, 5) is 1.66. The normalized spacial score (nSPS) is 18.1. The molecule has 0 spiro atoms. The van der Waals surface area contributed by atoms with Crippen molar-refractivity contribution < 1.29 is 19.0 Å². The molecule has 21 heavy (non-hydrogen) atoms. The summed E-state index contributed by atoms with van der Waals surface area (Å²) >= 11 is 3.14. The van der Waals surface area contributed by atoms with Crippen molar-refractivity contribution in [3.63, 3.8) is 0 Å². The molecule has 120 valence electrons. The number of halogens is 4. The van der Waals surface area contributed by atoms with Crippen LogP contribution >= 0.6 is 28.3 Å². The predicted octanol–water partition coefficient (Wildman–Crippen LogP) is 2.15. The highest BCUT2D eigenvalue weighted by atomic mass is 79.9. The second-order valence-electron chi connectivity index (χ2n) is 4.82. The monoisotopic (exact) mass is 386 g/mol. The summed E-state index contributed by atoms with van der Waals surface area (Å²) in [6.07, 6.45) is 0. The first-order chi connectivity index (χ1) is 9.45. The number of aliphatic hydroxyl groups is 1. The van der Waals surface area contributed by atoms with Gasteiger partial charge in [-0.05, 0) is 33.6 Å². The zero-order chi connectivity index (χ0) is 14.8. The van der Waals surface area contributed by atoms with Crippen LogP contribution in [0, 0.1) is 0 Å². The van der Waals surface area contributed by atoms with Crippen LogP contribution in [0.25, 0.3) is 0 Å². The number of hydrogen-bond donors (Lipinski definition) is 3. The van der Waals surface area contributed by atoms with Gasteiger partial charge in [-0.25, -0.2) is 8.78 Å². The molecule has 0 aliphatic carbocycles. The Balaban J connectivity index is 0.00000220. The van der Waals surface area contributed by atoms with Gasteiger partial charge in [-0.15, -0.1) is 12.4 Å². The minimum atomic E-state index is -3.24.